The summed E-state index contributed by atoms with van der Waals surface area (Å²) in [5, 5.41) is 7.07. The van der Waals surface area contributed by atoms with E-state index in [1.54, 1.807) is 7.11 Å². The molecule has 4 rings (SSSR count). The number of nitrogens with zero attached hydrogens (tertiary/aromatic N) is 2. The fourth-order valence-electron chi connectivity index (χ4n) is 3.22. The Morgan fingerprint density at radius 3 is 2.12 bits per heavy atom. The number of anilines is 1. The van der Waals surface area contributed by atoms with Gasteiger partial charge in [0.25, 0.3) is 0 Å². The van der Waals surface area contributed by atoms with E-state index in [0.29, 0.717) is 0 Å². The van der Waals surface area contributed by atoms with E-state index in [4.69, 9.17) is 9.84 Å². The number of hydrogen-bond acceptors (Lipinski definition) is 3. The second-order valence-electron chi connectivity index (χ2n) is 6.09. The second kappa shape index (κ2) is 6.81. The molecule has 1 aliphatic rings. The van der Waals surface area contributed by atoms with Gasteiger partial charge in [0.1, 0.15) is 5.75 Å². The Balaban J connectivity index is 1.73. The summed E-state index contributed by atoms with van der Waals surface area (Å²) >= 11 is 0. The van der Waals surface area contributed by atoms with Gasteiger partial charge in [0.15, 0.2) is 0 Å². The van der Waals surface area contributed by atoms with Crippen LogP contribution in [0.2, 0.25) is 0 Å². The van der Waals surface area contributed by atoms with E-state index in [9.17, 15) is 0 Å². The maximum atomic E-state index is 5.28. The molecule has 1 atom stereocenters. The predicted molar refractivity (Wildman–Crippen MR) is 102 cm³/mol. The lowest BCUT2D eigenvalue weighted by Gasteiger charge is -2.24. The lowest BCUT2D eigenvalue weighted by atomic mass is 9.98. The molecule has 1 heterocycles. The lowest BCUT2D eigenvalue weighted by molar-refractivity contribution is 0.415. The molecule has 0 spiro atoms. The highest BCUT2D eigenvalue weighted by Crippen LogP contribution is 2.37. The highest BCUT2D eigenvalue weighted by atomic mass is 16.5. The minimum absolute atomic E-state index is 0.199. The topological polar surface area (TPSA) is 24.8 Å². The van der Waals surface area contributed by atoms with Gasteiger partial charge in [-0.1, -0.05) is 60.7 Å². The van der Waals surface area contributed by atoms with Crippen LogP contribution in [0.15, 0.2) is 90.0 Å². The normalized spacial score (nSPS) is 16.6. The highest BCUT2D eigenvalue weighted by molar-refractivity contribution is 6.03. The Hall–Kier alpha value is -3.07. The van der Waals surface area contributed by atoms with Crippen molar-refractivity contribution in [3.63, 3.8) is 0 Å². The molecule has 0 aliphatic carbocycles. The molecule has 3 heteroatoms. The summed E-state index contributed by atoms with van der Waals surface area (Å²) in [4.78, 5) is 0. The van der Waals surface area contributed by atoms with E-state index in [-0.39, 0.29) is 6.04 Å². The van der Waals surface area contributed by atoms with Gasteiger partial charge in [0.2, 0.25) is 0 Å². The van der Waals surface area contributed by atoms with Gasteiger partial charge < -0.3 is 4.74 Å². The number of methoxy groups -OCH3 is 1. The van der Waals surface area contributed by atoms with Crippen molar-refractivity contribution in [2.75, 3.05) is 12.1 Å². The Bertz CT molecular complexity index is 858. The minimum atomic E-state index is 0.199. The standard InChI is InChI=1S/C22H20N2O/c1-25-20-14-12-19(13-15-20)24-22(18-10-6-3-7-11-18)16-21(23-24)17-8-4-2-5-9-17/h2-15,22H,16H2,1H3. The van der Waals surface area contributed by atoms with Crippen molar-refractivity contribution in [2.24, 2.45) is 5.10 Å². The molecule has 0 saturated heterocycles. The Morgan fingerprint density at radius 2 is 1.48 bits per heavy atom. The van der Waals surface area contributed by atoms with Gasteiger partial charge in [-0.2, -0.15) is 5.10 Å². The van der Waals surface area contributed by atoms with Gasteiger partial charge in [-0.3, -0.25) is 5.01 Å². The highest BCUT2D eigenvalue weighted by Gasteiger charge is 2.29. The quantitative estimate of drug-likeness (QED) is 0.669. The van der Waals surface area contributed by atoms with Crippen LogP contribution in [-0.4, -0.2) is 12.8 Å². The predicted octanol–water partition coefficient (Wildman–Crippen LogP) is 5.05. The van der Waals surface area contributed by atoms with Crippen molar-refractivity contribution in [3.05, 3.63) is 96.1 Å². The van der Waals surface area contributed by atoms with Crippen molar-refractivity contribution in [3.8, 4) is 5.75 Å². The van der Waals surface area contributed by atoms with Gasteiger partial charge in [-0.05, 0) is 35.4 Å². The van der Waals surface area contributed by atoms with E-state index < -0.39 is 0 Å². The van der Waals surface area contributed by atoms with Crippen LogP contribution in [0.3, 0.4) is 0 Å². The maximum absolute atomic E-state index is 5.28. The van der Waals surface area contributed by atoms with Crippen LogP contribution >= 0.6 is 0 Å². The van der Waals surface area contributed by atoms with Gasteiger partial charge in [0, 0.05) is 6.42 Å². The molecule has 1 aliphatic heterocycles. The first kappa shape index (κ1) is 15.5. The molecule has 3 aromatic carbocycles. The number of rotatable bonds is 4. The average molecular weight is 328 g/mol. The van der Waals surface area contributed by atoms with Crippen molar-refractivity contribution in [1.29, 1.82) is 0 Å². The average Bonchev–Trinajstić information content (AvgIpc) is 3.15. The number of benzene rings is 3. The van der Waals surface area contributed by atoms with Crippen LogP contribution in [0.4, 0.5) is 5.69 Å². The molecule has 3 nitrogen and oxygen atoms in total. The molecule has 25 heavy (non-hydrogen) atoms. The molecule has 0 aromatic heterocycles. The monoisotopic (exact) mass is 328 g/mol. The molecule has 0 saturated carbocycles. The molecule has 1 unspecified atom stereocenters. The zero-order valence-corrected chi connectivity index (χ0v) is 14.2. The Labute approximate surface area is 148 Å². The third kappa shape index (κ3) is 3.13. The zero-order valence-electron chi connectivity index (χ0n) is 14.2. The molecule has 0 amide bonds. The first-order chi connectivity index (χ1) is 12.3. The molecule has 0 radical (unpaired) electrons. The molecule has 124 valence electrons. The maximum Gasteiger partial charge on any atom is 0.119 e. The van der Waals surface area contributed by atoms with Gasteiger partial charge in [0.05, 0.1) is 24.6 Å². The van der Waals surface area contributed by atoms with Crippen molar-refractivity contribution in [1.82, 2.24) is 0 Å². The molecular formula is C22H20N2O. The number of hydrogen-bond donors (Lipinski definition) is 0. The van der Waals surface area contributed by atoms with Crippen LogP contribution in [0.1, 0.15) is 23.6 Å². The second-order valence-corrected chi connectivity index (χ2v) is 6.09. The van der Waals surface area contributed by atoms with E-state index in [0.717, 1.165) is 23.6 Å². The molecule has 0 N–H and O–H groups in total. The van der Waals surface area contributed by atoms with Crippen molar-refractivity contribution in [2.45, 2.75) is 12.5 Å². The summed E-state index contributed by atoms with van der Waals surface area (Å²) in [5.74, 6) is 0.853. The summed E-state index contributed by atoms with van der Waals surface area (Å²) in [6, 6.07) is 29.3. The van der Waals surface area contributed by atoms with E-state index in [2.05, 4.69) is 71.7 Å². The third-order valence-corrected chi connectivity index (χ3v) is 4.54. The van der Waals surface area contributed by atoms with Gasteiger partial charge >= 0.3 is 0 Å². The largest absolute Gasteiger partial charge is 0.497 e. The van der Waals surface area contributed by atoms with Crippen LogP contribution in [0.5, 0.6) is 5.75 Å². The van der Waals surface area contributed by atoms with Crippen LogP contribution in [0.25, 0.3) is 0 Å². The summed E-state index contributed by atoms with van der Waals surface area (Å²) in [7, 11) is 1.68. The Kier molecular flexibility index (Phi) is 4.21. The van der Waals surface area contributed by atoms with E-state index in [1.807, 2.05) is 18.2 Å². The first-order valence-electron chi connectivity index (χ1n) is 8.46. The zero-order chi connectivity index (χ0) is 17.1. The number of hydrazone groups is 1. The van der Waals surface area contributed by atoms with Gasteiger partial charge in [-0.25, -0.2) is 0 Å². The summed E-state index contributed by atoms with van der Waals surface area (Å²) in [6.45, 7) is 0. The van der Waals surface area contributed by atoms with Crippen LogP contribution in [-0.2, 0) is 0 Å². The van der Waals surface area contributed by atoms with E-state index in [1.165, 1.54) is 11.1 Å². The van der Waals surface area contributed by atoms with Crippen molar-refractivity contribution < 1.29 is 4.74 Å². The fourth-order valence-corrected chi connectivity index (χ4v) is 3.22. The number of ether oxygens (including phenoxy) is 1. The summed E-state index contributed by atoms with van der Waals surface area (Å²) < 4.78 is 5.28. The smallest absolute Gasteiger partial charge is 0.119 e. The fraction of sp³-hybridized carbons (Fsp3) is 0.136. The summed E-state index contributed by atoms with van der Waals surface area (Å²) in [5.41, 5.74) is 4.64. The molecular weight excluding hydrogens is 308 g/mol. The van der Waals surface area contributed by atoms with Crippen LogP contribution < -0.4 is 9.75 Å². The minimum Gasteiger partial charge on any atom is -0.497 e. The van der Waals surface area contributed by atoms with Gasteiger partial charge in [-0.15, -0.1) is 0 Å². The summed E-state index contributed by atoms with van der Waals surface area (Å²) in [6.07, 6.45) is 0.889. The van der Waals surface area contributed by atoms with Crippen LogP contribution in [0, 0.1) is 0 Å². The SMILES string of the molecule is COc1ccc(N2N=C(c3ccccc3)CC2c2ccccc2)cc1. The molecule has 0 fully saturated rings. The van der Waals surface area contributed by atoms with E-state index >= 15 is 0 Å². The molecule has 3 aromatic rings. The Morgan fingerprint density at radius 1 is 0.840 bits per heavy atom. The van der Waals surface area contributed by atoms with Crippen molar-refractivity contribution >= 4 is 11.4 Å². The third-order valence-electron chi connectivity index (χ3n) is 4.54. The first-order valence-corrected chi connectivity index (χ1v) is 8.46. The lowest BCUT2D eigenvalue weighted by Crippen LogP contribution is -2.18. The molecule has 0 bridgehead atoms.